The van der Waals surface area contributed by atoms with Gasteiger partial charge in [0.2, 0.25) is 0 Å². The van der Waals surface area contributed by atoms with Crippen LogP contribution in [0.3, 0.4) is 0 Å². The third-order valence-corrected chi connectivity index (χ3v) is 1.13. The molecule has 0 rings (SSSR count). The highest BCUT2D eigenvalue weighted by Gasteiger charge is 2.17. The minimum atomic E-state index is -2.13. The van der Waals surface area contributed by atoms with Gasteiger partial charge in [-0.1, -0.05) is 0 Å². The fourth-order valence-corrected chi connectivity index (χ4v) is 0. The zero-order valence-electron chi connectivity index (χ0n) is 3.92. The van der Waals surface area contributed by atoms with Crippen molar-refractivity contribution in [1.82, 2.24) is 0 Å². The van der Waals surface area contributed by atoms with E-state index in [1.807, 2.05) is 0 Å². The molecule has 4 nitrogen and oxygen atoms in total. The van der Waals surface area contributed by atoms with E-state index in [-0.39, 0.29) is 0 Å². The van der Waals surface area contributed by atoms with Crippen LogP contribution in [-0.2, 0) is 11.1 Å². The van der Waals surface area contributed by atoms with Crippen molar-refractivity contribution in [3.8, 4) is 0 Å². The van der Waals surface area contributed by atoms with Crippen LogP contribution in [0.5, 0.6) is 0 Å². The van der Waals surface area contributed by atoms with Gasteiger partial charge in [-0.15, -0.1) is 0 Å². The summed E-state index contributed by atoms with van der Waals surface area (Å²) in [5.41, 5.74) is 9.81. The van der Waals surface area contributed by atoms with Crippen molar-refractivity contribution in [2.24, 2.45) is 11.5 Å². The van der Waals surface area contributed by atoms with Crippen molar-refractivity contribution in [3.63, 3.8) is 0 Å². The normalized spacial score (nSPS) is 16.6. The van der Waals surface area contributed by atoms with E-state index < -0.39 is 16.1 Å². The van der Waals surface area contributed by atoms with Gasteiger partial charge >= 0.3 is 0 Å². The SMILES string of the molecule is CC(N)(N)S(=O)O. The monoisotopic (exact) mass is 124 g/mol. The van der Waals surface area contributed by atoms with Gasteiger partial charge in [0.05, 0.1) is 0 Å². The van der Waals surface area contributed by atoms with E-state index in [0.717, 1.165) is 0 Å². The van der Waals surface area contributed by atoms with Gasteiger partial charge in [0, 0.05) is 0 Å². The van der Waals surface area contributed by atoms with E-state index in [2.05, 4.69) is 0 Å². The van der Waals surface area contributed by atoms with Gasteiger partial charge in [-0.3, -0.25) is 0 Å². The molecular weight excluding hydrogens is 116 g/mol. The summed E-state index contributed by atoms with van der Waals surface area (Å²) in [5, 5.41) is 0. The van der Waals surface area contributed by atoms with Gasteiger partial charge in [-0.25, -0.2) is 4.21 Å². The van der Waals surface area contributed by atoms with Crippen LogP contribution in [0.4, 0.5) is 0 Å². The maximum Gasteiger partial charge on any atom is 0.188 e. The Morgan fingerprint density at radius 2 is 1.86 bits per heavy atom. The Labute approximate surface area is 44.2 Å². The van der Waals surface area contributed by atoms with Gasteiger partial charge in [-0.05, 0) is 6.92 Å². The van der Waals surface area contributed by atoms with E-state index >= 15 is 0 Å². The van der Waals surface area contributed by atoms with Crippen LogP contribution < -0.4 is 11.5 Å². The molecule has 0 amide bonds. The molecule has 0 aromatic heterocycles. The van der Waals surface area contributed by atoms with Crippen LogP contribution in [0.2, 0.25) is 0 Å². The van der Waals surface area contributed by atoms with Crippen molar-refractivity contribution in [3.05, 3.63) is 0 Å². The molecule has 0 bridgehead atoms. The van der Waals surface area contributed by atoms with Gasteiger partial charge < -0.3 is 16.0 Å². The summed E-state index contributed by atoms with van der Waals surface area (Å²) in [6.07, 6.45) is 0. The zero-order chi connectivity index (χ0) is 6.08. The second kappa shape index (κ2) is 1.87. The van der Waals surface area contributed by atoms with Crippen molar-refractivity contribution in [2.45, 2.75) is 11.9 Å². The van der Waals surface area contributed by atoms with E-state index in [9.17, 15) is 4.21 Å². The molecule has 44 valence electrons. The molecule has 5 heteroatoms. The third-order valence-electron chi connectivity index (χ3n) is 0.376. The maximum atomic E-state index is 9.88. The molecule has 0 fully saturated rings. The summed E-state index contributed by atoms with van der Waals surface area (Å²) < 4.78 is 18.0. The first-order chi connectivity index (χ1) is 2.94. The molecule has 0 saturated heterocycles. The molecule has 0 heterocycles. The molecule has 0 spiro atoms. The average Bonchev–Trinajstić information content (AvgIpc) is 1.31. The Hall–Kier alpha value is 0.0300. The summed E-state index contributed by atoms with van der Waals surface area (Å²) >= 11 is -2.13. The number of hydrogen-bond acceptors (Lipinski definition) is 3. The summed E-state index contributed by atoms with van der Waals surface area (Å²) in [6.45, 7) is 1.27. The smallest absolute Gasteiger partial charge is 0.188 e. The minimum Gasteiger partial charge on any atom is -0.304 e. The lowest BCUT2D eigenvalue weighted by molar-refractivity contribution is 0.513. The van der Waals surface area contributed by atoms with Gasteiger partial charge in [0.15, 0.2) is 16.1 Å². The molecule has 0 aliphatic carbocycles. The van der Waals surface area contributed by atoms with Gasteiger partial charge in [-0.2, -0.15) is 0 Å². The first-order valence-electron chi connectivity index (χ1n) is 1.63. The molecule has 0 saturated carbocycles. The lowest BCUT2D eigenvalue weighted by Gasteiger charge is -2.10. The van der Waals surface area contributed by atoms with Crippen molar-refractivity contribution >= 4 is 11.1 Å². The highest BCUT2D eigenvalue weighted by Crippen LogP contribution is 1.89. The molecule has 0 aromatic rings. The Kier molecular flexibility index (Phi) is 1.88. The largest absolute Gasteiger partial charge is 0.304 e. The van der Waals surface area contributed by atoms with E-state index in [4.69, 9.17) is 16.0 Å². The standard InChI is InChI=1S/C2H8N2O2S/c1-2(3,4)7(5)6/h3-4H2,1H3,(H,5,6). The predicted octanol–water partition coefficient (Wildman–Crippen LogP) is -1.20. The topological polar surface area (TPSA) is 89.3 Å². The Morgan fingerprint density at radius 1 is 1.71 bits per heavy atom. The molecule has 0 radical (unpaired) electrons. The average molecular weight is 124 g/mol. The quantitative estimate of drug-likeness (QED) is 0.302. The van der Waals surface area contributed by atoms with Crippen LogP contribution in [-0.4, -0.2) is 13.8 Å². The molecule has 0 aromatic carbocycles. The Morgan fingerprint density at radius 3 is 1.86 bits per heavy atom. The number of nitrogens with two attached hydrogens (primary N) is 2. The molecule has 0 aliphatic rings. The number of rotatable bonds is 1. The zero-order valence-corrected chi connectivity index (χ0v) is 4.73. The highest BCUT2D eigenvalue weighted by molar-refractivity contribution is 7.80. The van der Waals surface area contributed by atoms with Crippen molar-refractivity contribution in [2.75, 3.05) is 0 Å². The fraction of sp³-hybridized carbons (Fsp3) is 1.00. The van der Waals surface area contributed by atoms with Crippen LogP contribution >= 0.6 is 0 Å². The lowest BCUT2D eigenvalue weighted by atomic mass is 10.6. The summed E-state index contributed by atoms with van der Waals surface area (Å²) in [5.74, 6) is 0. The van der Waals surface area contributed by atoms with Gasteiger partial charge in [0.1, 0.15) is 0 Å². The Balaban J connectivity index is 3.79. The molecule has 5 N–H and O–H groups in total. The van der Waals surface area contributed by atoms with Crippen molar-refractivity contribution < 1.29 is 8.76 Å². The maximum absolute atomic E-state index is 9.88. The Bertz CT molecular complexity index is 86.2. The van der Waals surface area contributed by atoms with Crippen LogP contribution in [0.15, 0.2) is 0 Å². The molecule has 1 unspecified atom stereocenters. The molecule has 7 heavy (non-hydrogen) atoms. The minimum absolute atomic E-state index is 1.27. The highest BCUT2D eigenvalue weighted by atomic mass is 32.2. The lowest BCUT2D eigenvalue weighted by Crippen LogP contribution is -2.49. The van der Waals surface area contributed by atoms with Crippen LogP contribution in [0, 0.1) is 0 Å². The van der Waals surface area contributed by atoms with E-state index in [1.165, 1.54) is 6.92 Å². The second-order valence-electron chi connectivity index (χ2n) is 1.43. The summed E-state index contributed by atoms with van der Waals surface area (Å²) in [7, 11) is 0. The predicted molar refractivity (Wildman–Crippen MR) is 27.6 cm³/mol. The summed E-state index contributed by atoms with van der Waals surface area (Å²) in [4.78, 5) is -1.47. The van der Waals surface area contributed by atoms with Gasteiger partial charge in [0.25, 0.3) is 0 Å². The van der Waals surface area contributed by atoms with Crippen molar-refractivity contribution in [1.29, 1.82) is 0 Å². The van der Waals surface area contributed by atoms with E-state index in [1.54, 1.807) is 0 Å². The number of hydrogen-bond donors (Lipinski definition) is 3. The first-order valence-corrected chi connectivity index (χ1v) is 2.74. The third kappa shape index (κ3) is 2.69. The first kappa shape index (κ1) is 7.03. The fourth-order valence-electron chi connectivity index (χ4n) is 0. The molecular formula is C2H8N2O2S. The molecule has 1 atom stereocenters. The second-order valence-corrected chi connectivity index (χ2v) is 2.81. The van der Waals surface area contributed by atoms with E-state index in [0.29, 0.717) is 0 Å². The van der Waals surface area contributed by atoms with Crippen LogP contribution in [0.1, 0.15) is 6.92 Å². The molecule has 0 aliphatic heterocycles. The summed E-state index contributed by atoms with van der Waals surface area (Å²) in [6, 6.07) is 0. The van der Waals surface area contributed by atoms with Crippen LogP contribution in [0.25, 0.3) is 0 Å².